The van der Waals surface area contributed by atoms with Gasteiger partial charge in [-0.05, 0) is 30.5 Å². The van der Waals surface area contributed by atoms with E-state index in [9.17, 15) is 5.11 Å². The van der Waals surface area contributed by atoms with Gasteiger partial charge in [0.15, 0.2) is 5.96 Å². The van der Waals surface area contributed by atoms with Crippen molar-refractivity contribution in [1.82, 2.24) is 15.1 Å². The summed E-state index contributed by atoms with van der Waals surface area (Å²) in [7, 11) is 3.69. The summed E-state index contributed by atoms with van der Waals surface area (Å²) in [4.78, 5) is 9.06. The van der Waals surface area contributed by atoms with Crippen molar-refractivity contribution in [3.8, 4) is 5.75 Å². The molecule has 2 N–H and O–H groups in total. The van der Waals surface area contributed by atoms with Crippen molar-refractivity contribution < 1.29 is 9.84 Å². The zero-order chi connectivity index (χ0) is 21.3. The summed E-state index contributed by atoms with van der Waals surface area (Å²) in [5.41, 5.74) is 3.89. The number of fused-ring (bicyclic) bond motifs is 1. The topological polar surface area (TPSA) is 60.3 Å². The maximum Gasteiger partial charge on any atom is 0.194 e. The standard InChI is InChI=1S/C24H34N4O2/c1-4-25-24(27(2)16-21-11-7-8-12-23(21)30-3)26-15-22(29)18-28-14-13-19-9-5-6-10-20(19)17-28/h5-12,22,29H,4,13-18H2,1-3H3,(H,25,26). The largest absolute Gasteiger partial charge is 0.496 e. The first-order chi connectivity index (χ1) is 14.6. The van der Waals surface area contributed by atoms with Gasteiger partial charge in [-0.25, -0.2) is 0 Å². The van der Waals surface area contributed by atoms with Crippen LogP contribution in [0.3, 0.4) is 0 Å². The summed E-state index contributed by atoms with van der Waals surface area (Å²) in [6, 6.07) is 16.6. The molecule has 1 aliphatic heterocycles. The summed E-state index contributed by atoms with van der Waals surface area (Å²) in [6.45, 7) is 6.37. The second-order valence-electron chi connectivity index (χ2n) is 7.77. The lowest BCUT2D eigenvalue weighted by Gasteiger charge is -2.30. The van der Waals surface area contributed by atoms with Crippen LogP contribution >= 0.6 is 0 Å². The first-order valence-corrected chi connectivity index (χ1v) is 10.7. The number of para-hydroxylation sites is 1. The SMILES string of the molecule is CCNC(=NCC(O)CN1CCc2ccccc2C1)N(C)Cc1ccccc1OC. The van der Waals surface area contributed by atoms with Crippen LogP contribution in [0.2, 0.25) is 0 Å². The molecule has 6 heteroatoms. The zero-order valence-corrected chi connectivity index (χ0v) is 18.3. The maximum atomic E-state index is 10.6. The van der Waals surface area contributed by atoms with Gasteiger partial charge in [0.1, 0.15) is 5.75 Å². The molecule has 30 heavy (non-hydrogen) atoms. The number of ether oxygens (including phenoxy) is 1. The molecule has 6 nitrogen and oxygen atoms in total. The fourth-order valence-corrected chi connectivity index (χ4v) is 3.89. The lowest BCUT2D eigenvalue weighted by molar-refractivity contribution is 0.111. The number of aliphatic hydroxyl groups excluding tert-OH is 1. The second-order valence-corrected chi connectivity index (χ2v) is 7.77. The number of hydrogen-bond acceptors (Lipinski definition) is 4. The van der Waals surface area contributed by atoms with Crippen molar-refractivity contribution in [2.75, 3.05) is 40.3 Å². The smallest absolute Gasteiger partial charge is 0.194 e. The van der Waals surface area contributed by atoms with E-state index >= 15 is 0 Å². The molecule has 0 saturated carbocycles. The average molecular weight is 411 g/mol. The summed E-state index contributed by atoms with van der Waals surface area (Å²) >= 11 is 0. The van der Waals surface area contributed by atoms with Crippen LogP contribution in [-0.4, -0.2) is 67.3 Å². The predicted molar refractivity (Wildman–Crippen MR) is 122 cm³/mol. The highest BCUT2D eigenvalue weighted by molar-refractivity contribution is 5.79. The minimum atomic E-state index is -0.497. The van der Waals surface area contributed by atoms with Crippen LogP contribution in [-0.2, 0) is 19.5 Å². The minimum Gasteiger partial charge on any atom is -0.496 e. The van der Waals surface area contributed by atoms with Gasteiger partial charge >= 0.3 is 0 Å². The van der Waals surface area contributed by atoms with Gasteiger partial charge in [-0.1, -0.05) is 42.5 Å². The molecular formula is C24H34N4O2. The molecule has 0 fully saturated rings. The highest BCUT2D eigenvalue weighted by Gasteiger charge is 2.18. The third kappa shape index (κ3) is 5.97. The Bertz CT molecular complexity index is 839. The summed E-state index contributed by atoms with van der Waals surface area (Å²) in [5, 5.41) is 13.9. The first-order valence-electron chi connectivity index (χ1n) is 10.7. The predicted octanol–water partition coefficient (Wildman–Crippen LogP) is 2.51. The van der Waals surface area contributed by atoms with Crippen LogP contribution in [0, 0.1) is 0 Å². The third-order valence-corrected chi connectivity index (χ3v) is 5.43. The van der Waals surface area contributed by atoms with Crippen molar-refractivity contribution in [1.29, 1.82) is 0 Å². The molecule has 0 saturated heterocycles. The molecular weight excluding hydrogens is 376 g/mol. The molecule has 1 aliphatic rings. The normalized spacial score (nSPS) is 15.4. The van der Waals surface area contributed by atoms with Gasteiger partial charge in [0.2, 0.25) is 0 Å². The van der Waals surface area contributed by atoms with Gasteiger partial charge in [-0.3, -0.25) is 9.89 Å². The van der Waals surface area contributed by atoms with Gasteiger partial charge in [0, 0.05) is 45.3 Å². The van der Waals surface area contributed by atoms with Crippen molar-refractivity contribution in [2.45, 2.75) is 32.5 Å². The molecule has 1 atom stereocenters. The highest BCUT2D eigenvalue weighted by atomic mass is 16.5. The molecule has 2 aromatic rings. The maximum absolute atomic E-state index is 10.6. The number of aliphatic hydroxyl groups is 1. The Morgan fingerprint density at radius 1 is 1.20 bits per heavy atom. The second kappa shape index (κ2) is 11.0. The van der Waals surface area contributed by atoms with Crippen molar-refractivity contribution >= 4 is 5.96 Å². The number of β-amino-alcohol motifs (C(OH)–C–C–N with tert-alkyl or cyclic N) is 1. The molecule has 2 aromatic carbocycles. The Morgan fingerprint density at radius 3 is 2.70 bits per heavy atom. The molecule has 0 bridgehead atoms. The molecule has 162 valence electrons. The van der Waals surface area contributed by atoms with E-state index in [1.165, 1.54) is 11.1 Å². The lowest BCUT2D eigenvalue weighted by Crippen LogP contribution is -2.41. The van der Waals surface area contributed by atoms with E-state index in [2.05, 4.69) is 50.4 Å². The first kappa shape index (κ1) is 22.1. The van der Waals surface area contributed by atoms with Crippen LogP contribution in [0.5, 0.6) is 5.75 Å². The van der Waals surface area contributed by atoms with Crippen LogP contribution in [0.1, 0.15) is 23.6 Å². The van der Waals surface area contributed by atoms with Crippen LogP contribution < -0.4 is 10.1 Å². The minimum absolute atomic E-state index is 0.372. The van der Waals surface area contributed by atoms with E-state index in [1.54, 1.807) is 7.11 Å². The van der Waals surface area contributed by atoms with E-state index in [-0.39, 0.29) is 0 Å². The monoisotopic (exact) mass is 410 g/mol. The van der Waals surface area contributed by atoms with Gasteiger partial charge in [0.05, 0.1) is 19.8 Å². The summed E-state index contributed by atoms with van der Waals surface area (Å²) in [6.07, 6.45) is 0.541. The highest BCUT2D eigenvalue weighted by Crippen LogP contribution is 2.19. The molecule has 0 spiro atoms. The van der Waals surface area contributed by atoms with E-state index in [0.717, 1.165) is 43.3 Å². The quantitative estimate of drug-likeness (QED) is 0.517. The van der Waals surface area contributed by atoms with Crippen molar-refractivity contribution in [2.24, 2.45) is 4.99 Å². The molecule has 3 rings (SSSR count). The van der Waals surface area contributed by atoms with Gasteiger partial charge < -0.3 is 20.1 Å². The Kier molecular flexibility index (Phi) is 8.11. The molecule has 1 heterocycles. The number of benzene rings is 2. The number of guanidine groups is 1. The number of aliphatic imine (C=N–C) groups is 1. The van der Waals surface area contributed by atoms with Crippen molar-refractivity contribution in [3.63, 3.8) is 0 Å². The van der Waals surface area contributed by atoms with Gasteiger partial charge in [0.25, 0.3) is 0 Å². The van der Waals surface area contributed by atoms with Crippen LogP contribution in [0.4, 0.5) is 0 Å². The number of hydrogen-bond donors (Lipinski definition) is 2. The Balaban J connectivity index is 1.57. The Labute approximate surface area is 180 Å². The molecule has 0 aromatic heterocycles. The van der Waals surface area contributed by atoms with E-state index < -0.39 is 6.10 Å². The molecule has 0 radical (unpaired) electrons. The van der Waals surface area contributed by atoms with E-state index in [1.807, 2.05) is 32.2 Å². The fourth-order valence-electron chi connectivity index (χ4n) is 3.89. The van der Waals surface area contributed by atoms with Crippen LogP contribution in [0.25, 0.3) is 0 Å². The number of nitrogens with zero attached hydrogens (tertiary/aromatic N) is 3. The Morgan fingerprint density at radius 2 is 1.93 bits per heavy atom. The van der Waals surface area contributed by atoms with Crippen LogP contribution in [0.15, 0.2) is 53.5 Å². The zero-order valence-electron chi connectivity index (χ0n) is 18.3. The van der Waals surface area contributed by atoms with E-state index in [0.29, 0.717) is 19.6 Å². The van der Waals surface area contributed by atoms with Crippen molar-refractivity contribution in [3.05, 3.63) is 65.2 Å². The van der Waals surface area contributed by atoms with Gasteiger partial charge in [-0.15, -0.1) is 0 Å². The number of nitrogens with one attached hydrogen (secondary N) is 1. The van der Waals surface area contributed by atoms with E-state index in [4.69, 9.17) is 4.74 Å². The summed E-state index contributed by atoms with van der Waals surface area (Å²) < 4.78 is 5.46. The lowest BCUT2D eigenvalue weighted by atomic mass is 10.00. The summed E-state index contributed by atoms with van der Waals surface area (Å²) in [5.74, 6) is 1.65. The number of methoxy groups -OCH3 is 1. The fraction of sp³-hybridized carbons (Fsp3) is 0.458. The number of rotatable bonds is 8. The average Bonchev–Trinajstić information content (AvgIpc) is 2.76. The van der Waals surface area contributed by atoms with Gasteiger partial charge in [-0.2, -0.15) is 0 Å². The molecule has 0 aliphatic carbocycles. The molecule has 1 unspecified atom stereocenters. The molecule has 0 amide bonds. The Hall–Kier alpha value is -2.57. The third-order valence-electron chi connectivity index (χ3n) is 5.43.